The maximum atomic E-state index is 13.0. The van der Waals surface area contributed by atoms with Crippen LogP contribution < -0.4 is 21.3 Å². The van der Waals surface area contributed by atoms with Gasteiger partial charge in [-0.3, -0.25) is 19.3 Å². The Balaban J connectivity index is 1.58. The third-order valence-electron chi connectivity index (χ3n) is 5.77. The van der Waals surface area contributed by atoms with E-state index >= 15 is 0 Å². The number of rotatable bonds is 3. The number of nitrogens with one attached hydrogen (secondary N) is 2. The van der Waals surface area contributed by atoms with Crippen LogP contribution in [0.25, 0.3) is 0 Å². The number of anilines is 2. The van der Waals surface area contributed by atoms with Gasteiger partial charge in [-0.25, -0.2) is 0 Å². The number of aryl methyl sites for hydroxylation is 1. The third-order valence-corrected chi connectivity index (χ3v) is 5.77. The second-order valence-corrected chi connectivity index (χ2v) is 8.07. The standard InChI is InChI=1S/C23H26N4O3/c1-14-5-4-6-16(11-14)23(30)27-13-21(28)25-19-12-15(9-10-20(19)27)22(29)26-18-8-3-2-7-17(18)24/h4-6,9-12,17-18H,2-3,7-8,13,24H2,1H3,(H,25,28)(H,26,29). The molecule has 4 rings (SSSR count). The van der Waals surface area contributed by atoms with Crippen LogP contribution in [-0.2, 0) is 4.79 Å². The highest BCUT2D eigenvalue weighted by atomic mass is 16.2. The molecule has 2 aliphatic rings. The summed E-state index contributed by atoms with van der Waals surface area (Å²) in [5.74, 6) is -0.771. The summed E-state index contributed by atoms with van der Waals surface area (Å²) in [7, 11) is 0. The first-order valence-corrected chi connectivity index (χ1v) is 10.3. The van der Waals surface area contributed by atoms with Crippen molar-refractivity contribution in [3.63, 3.8) is 0 Å². The van der Waals surface area contributed by atoms with Gasteiger partial charge in [0.1, 0.15) is 6.54 Å². The topological polar surface area (TPSA) is 105 Å². The minimum absolute atomic E-state index is 0.0394. The highest BCUT2D eigenvalue weighted by molar-refractivity contribution is 6.15. The second-order valence-electron chi connectivity index (χ2n) is 8.07. The summed E-state index contributed by atoms with van der Waals surface area (Å²) < 4.78 is 0. The molecule has 156 valence electrons. The molecule has 3 amide bonds. The molecule has 2 atom stereocenters. The number of carbonyl (C=O) groups excluding carboxylic acids is 3. The van der Waals surface area contributed by atoms with E-state index in [2.05, 4.69) is 10.6 Å². The summed E-state index contributed by atoms with van der Waals surface area (Å²) in [6.45, 7) is 1.85. The first-order valence-electron chi connectivity index (χ1n) is 10.3. The van der Waals surface area contributed by atoms with Crippen LogP contribution in [0, 0.1) is 6.92 Å². The lowest BCUT2D eigenvalue weighted by molar-refractivity contribution is -0.115. The summed E-state index contributed by atoms with van der Waals surface area (Å²) in [6, 6.07) is 12.2. The molecule has 2 unspecified atom stereocenters. The number of hydrogen-bond acceptors (Lipinski definition) is 4. The van der Waals surface area contributed by atoms with Crippen LogP contribution in [0.15, 0.2) is 42.5 Å². The second kappa shape index (κ2) is 8.28. The van der Waals surface area contributed by atoms with Gasteiger partial charge in [0.05, 0.1) is 11.4 Å². The van der Waals surface area contributed by atoms with Crippen molar-refractivity contribution in [1.82, 2.24) is 5.32 Å². The lowest BCUT2D eigenvalue weighted by Crippen LogP contribution is -2.49. The minimum atomic E-state index is -0.296. The fraction of sp³-hybridized carbons (Fsp3) is 0.348. The Labute approximate surface area is 175 Å². The summed E-state index contributed by atoms with van der Waals surface area (Å²) in [5.41, 5.74) is 9.08. The zero-order chi connectivity index (χ0) is 21.3. The molecular formula is C23H26N4O3. The van der Waals surface area contributed by atoms with Gasteiger partial charge < -0.3 is 16.4 Å². The van der Waals surface area contributed by atoms with Crippen LogP contribution in [0.3, 0.4) is 0 Å². The van der Waals surface area contributed by atoms with Crippen molar-refractivity contribution in [3.8, 4) is 0 Å². The Morgan fingerprint density at radius 1 is 1.10 bits per heavy atom. The molecule has 1 fully saturated rings. The number of carbonyl (C=O) groups is 3. The smallest absolute Gasteiger partial charge is 0.258 e. The molecule has 0 aromatic heterocycles. The van der Waals surface area contributed by atoms with E-state index in [1.807, 2.05) is 19.1 Å². The fourth-order valence-corrected chi connectivity index (χ4v) is 4.14. The molecule has 4 N–H and O–H groups in total. The van der Waals surface area contributed by atoms with Crippen molar-refractivity contribution in [2.75, 3.05) is 16.8 Å². The van der Waals surface area contributed by atoms with Gasteiger partial charge in [-0.15, -0.1) is 0 Å². The van der Waals surface area contributed by atoms with Gasteiger partial charge in [-0.2, -0.15) is 0 Å². The Bertz CT molecular complexity index is 1000. The normalized spacial score (nSPS) is 20.9. The number of nitrogens with two attached hydrogens (primary N) is 1. The zero-order valence-electron chi connectivity index (χ0n) is 17.0. The van der Waals surface area contributed by atoms with Crippen molar-refractivity contribution in [2.45, 2.75) is 44.7 Å². The van der Waals surface area contributed by atoms with E-state index in [1.165, 1.54) is 4.90 Å². The average molecular weight is 406 g/mol. The van der Waals surface area contributed by atoms with Crippen molar-refractivity contribution >= 4 is 29.1 Å². The van der Waals surface area contributed by atoms with Crippen molar-refractivity contribution in [1.29, 1.82) is 0 Å². The quantitative estimate of drug-likeness (QED) is 0.729. The summed E-state index contributed by atoms with van der Waals surface area (Å²) >= 11 is 0. The molecule has 2 aromatic carbocycles. The van der Waals surface area contributed by atoms with Crippen LogP contribution in [0.5, 0.6) is 0 Å². The SMILES string of the molecule is Cc1cccc(C(=O)N2CC(=O)Nc3cc(C(=O)NC4CCCCC4N)ccc32)c1. The number of amides is 3. The van der Waals surface area contributed by atoms with Gasteiger partial charge in [0.25, 0.3) is 11.8 Å². The van der Waals surface area contributed by atoms with Gasteiger partial charge in [0, 0.05) is 23.2 Å². The lowest BCUT2D eigenvalue weighted by atomic mass is 9.91. The molecule has 1 heterocycles. The predicted octanol–water partition coefficient (Wildman–Crippen LogP) is 2.59. The Hall–Kier alpha value is -3.19. The van der Waals surface area contributed by atoms with E-state index in [1.54, 1.807) is 30.3 Å². The largest absolute Gasteiger partial charge is 0.348 e. The fourth-order valence-electron chi connectivity index (χ4n) is 4.14. The predicted molar refractivity (Wildman–Crippen MR) is 116 cm³/mol. The molecule has 0 radical (unpaired) electrons. The van der Waals surface area contributed by atoms with Crippen LogP contribution in [-0.4, -0.2) is 36.3 Å². The van der Waals surface area contributed by atoms with Gasteiger partial charge in [0.15, 0.2) is 0 Å². The zero-order valence-corrected chi connectivity index (χ0v) is 17.0. The average Bonchev–Trinajstić information content (AvgIpc) is 2.73. The highest BCUT2D eigenvalue weighted by Crippen LogP contribution is 2.32. The van der Waals surface area contributed by atoms with Crippen LogP contribution in [0.2, 0.25) is 0 Å². The monoisotopic (exact) mass is 406 g/mol. The molecule has 2 aromatic rings. The van der Waals surface area contributed by atoms with E-state index in [0.717, 1.165) is 31.2 Å². The van der Waals surface area contributed by atoms with Gasteiger partial charge in [-0.1, -0.05) is 30.5 Å². The van der Waals surface area contributed by atoms with Gasteiger partial charge in [-0.05, 0) is 50.1 Å². The Morgan fingerprint density at radius 3 is 2.67 bits per heavy atom. The first-order chi connectivity index (χ1) is 14.4. The molecule has 7 heteroatoms. The number of fused-ring (bicyclic) bond motifs is 1. The minimum Gasteiger partial charge on any atom is -0.348 e. The van der Waals surface area contributed by atoms with Crippen molar-refractivity contribution < 1.29 is 14.4 Å². The van der Waals surface area contributed by atoms with Crippen molar-refractivity contribution in [3.05, 3.63) is 59.2 Å². The first kappa shape index (κ1) is 20.1. The summed E-state index contributed by atoms with van der Waals surface area (Å²) in [6.07, 6.45) is 3.91. The molecule has 0 saturated heterocycles. The molecule has 0 bridgehead atoms. The van der Waals surface area contributed by atoms with E-state index in [-0.39, 0.29) is 36.3 Å². The van der Waals surface area contributed by atoms with E-state index in [4.69, 9.17) is 5.73 Å². The maximum absolute atomic E-state index is 13.0. The molecule has 1 saturated carbocycles. The van der Waals surface area contributed by atoms with E-state index in [9.17, 15) is 14.4 Å². The van der Waals surface area contributed by atoms with Gasteiger partial charge >= 0.3 is 0 Å². The molecule has 1 aliphatic heterocycles. The summed E-state index contributed by atoms with van der Waals surface area (Å²) in [5, 5.41) is 5.79. The van der Waals surface area contributed by atoms with Crippen LogP contribution >= 0.6 is 0 Å². The lowest BCUT2D eigenvalue weighted by Gasteiger charge is -2.31. The van der Waals surface area contributed by atoms with E-state index < -0.39 is 0 Å². The number of benzene rings is 2. The van der Waals surface area contributed by atoms with Crippen molar-refractivity contribution in [2.24, 2.45) is 5.73 Å². The van der Waals surface area contributed by atoms with Crippen LogP contribution in [0.1, 0.15) is 52.0 Å². The van der Waals surface area contributed by atoms with Gasteiger partial charge in [0.2, 0.25) is 5.91 Å². The van der Waals surface area contributed by atoms with Crippen LogP contribution in [0.4, 0.5) is 11.4 Å². The number of nitrogens with zero attached hydrogens (tertiary/aromatic N) is 1. The summed E-state index contributed by atoms with van der Waals surface area (Å²) in [4.78, 5) is 39.5. The third kappa shape index (κ3) is 4.07. The Kier molecular flexibility index (Phi) is 5.55. The molecule has 0 spiro atoms. The Morgan fingerprint density at radius 2 is 1.90 bits per heavy atom. The maximum Gasteiger partial charge on any atom is 0.258 e. The number of hydrogen-bond donors (Lipinski definition) is 3. The molecule has 1 aliphatic carbocycles. The highest BCUT2D eigenvalue weighted by Gasteiger charge is 2.29. The molecule has 30 heavy (non-hydrogen) atoms. The molecular weight excluding hydrogens is 380 g/mol. The molecule has 7 nitrogen and oxygen atoms in total. The van der Waals surface area contributed by atoms with E-state index in [0.29, 0.717) is 22.5 Å².